The number of hydrogen-bond acceptors (Lipinski definition) is 6. The maximum Gasteiger partial charge on any atom is 0.409 e. The van der Waals surface area contributed by atoms with Crippen LogP contribution in [0.5, 0.6) is 0 Å². The number of carbonyl (C=O) groups is 2. The van der Waals surface area contributed by atoms with Crippen molar-refractivity contribution in [2.24, 2.45) is 5.92 Å². The molecule has 4 rings (SSSR count). The first kappa shape index (κ1) is 21.1. The molecule has 2 fully saturated rings. The van der Waals surface area contributed by atoms with Gasteiger partial charge >= 0.3 is 6.09 Å². The van der Waals surface area contributed by atoms with Gasteiger partial charge in [0.2, 0.25) is 5.91 Å². The Labute approximate surface area is 182 Å². The molecule has 164 valence electrons. The molecule has 3 heterocycles. The monoisotopic (exact) mass is 423 g/mol. The van der Waals surface area contributed by atoms with Crippen molar-refractivity contribution in [2.75, 3.05) is 50.8 Å². The molecular weight excluding hydrogens is 394 g/mol. The molecule has 2 aliphatic rings. The minimum absolute atomic E-state index is 0.0296. The van der Waals surface area contributed by atoms with Crippen molar-refractivity contribution in [1.29, 1.82) is 0 Å². The van der Waals surface area contributed by atoms with E-state index in [-0.39, 0.29) is 17.9 Å². The maximum absolute atomic E-state index is 12.9. The number of ether oxygens (including phenoxy) is 1. The fourth-order valence-electron chi connectivity index (χ4n) is 4.19. The van der Waals surface area contributed by atoms with Gasteiger partial charge in [0.1, 0.15) is 0 Å². The van der Waals surface area contributed by atoms with Crippen LogP contribution in [-0.4, -0.2) is 77.9 Å². The smallest absolute Gasteiger partial charge is 0.409 e. The highest BCUT2D eigenvalue weighted by Crippen LogP contribution is 2.25. The lowest BCUT2D eigenvalue weighted by Gasteiger charge is -2.38. The number of nitrogens with zero attached hydrogens (tertiary/aromatic N) is 5. The van der Waals surface area contributed by atoms with E-state index in [0.29, 0.717) is 32.8 Å². The predicted molar refractivity (Wildman–Crippen MR) is 118 cm³/mol. The molecule has 2 aromatic rings. The summed E-state index contributed by atoms with van der Waals surface area (Å²) < 4.78 is 5.05. The van der Waals surface area contributed by atoms with Gasteiger partial charge in [-0.05, 0) is 31.9 Å². The zero-order valence-corrected chi connectivity index (χ0v) is 17.9. The molecule has 0 aliphatic carbocycles. The first-order valence-electron chi connectivity index (χ1n) is 11.0. The molecule has 8 heteroatoms. The Balaban J connectivity index is 1.27. The highest BCUT2D eigenvalue weighted by atomic mass is 16.6. The van der Waals surface area contributed by atoms with Gasteiger partial charge in [-0.25, -0.2) is 4.79 Å². The molecule has 1 aromatic heterocycles. The summed E-state index contributed by atoms with van der Waals surface area (Å²) >= 11 is 0. The van der Waals surface area contributed by atoms with E-state index in [1.165, 1.54) is 0 Å². The van der Waals surface area contributed by atoms with Gasteiger partial charge in [0, 0.05) is 50.7 Å². The number of anilines is 1. The van der Waals surface area contributed by atoms with E-state index in [0.717, 1.165) is 43.0 Å². The molecule has 1 aromatic carbocycles. The van der Waals surface area contributed by atoms with Crippen molar-refractivity contribution in [3.05, 3.63) is 42.5 Å². The summed E-state index contributed by atoms with van der Waals surface area (Å²) in [6.45, 7) is 5.97. The van der Waals surface area contributed by atoms with Gasteiger partial charge in [-0.2, -0.15) is 0 Å². The molecule has 0 N–H and O–H groups in total. The van der Waals surface area contributed by atoms with E-state index >= 15 is 0 Å². The van der Waals surface area contributed by atoms with Gasteiger partial charge in [0.25, 0.3) is 0 Å². The first-order chi connectivity index (χ1) is 15.2. The Kier molecular flexibility index (Phi) is 6.64. The van der Waals surface area contributed by atoms with Gasteiger partial charge in [-0.1, -0.05) is 30.3 Å². The van der Waals surface area contributed by atoms with Crippen LogP contribution in [0.3, 0.4) is 0 Å². The lowest BCUT2D eigenvalue weighted by Crippen LogP contribution is -2.53. The van der Waals surface area contributed by atoms with Gasteiger partial charge in [0.15, 0.2) is 5.82 Å². The third-order valence-corrected chi connectivity index (χ3v) is 6.01. The van der Waals surface area contributed by atoms with Crippen molar-refractivity contribution in [3.63, 3.8) is 0 Å². The molecule has 0 atom stereocenters. The molecule has 0 unspecified atom stereocenters. The molecule has 2 amide bonds. The Morgan fingerprint density at radius 3 is 2.19 bits per heavy atom. The molecule has 0 saturated carbocycles. The van der Waals surface area contributed by atoms with Crippen LogP contribution < -0.4 is 4.90 Å². The minimum Gasteiger partial charge on any atom is -0.450 e. The standard InChI is InChI=1S/C23H29N5O3/c1-2-31-23(30)28-16-14-27(15-17-28)22(29)19-10-12-26(13-11-19)21-9-8-20(24-25-21)18-6-4-3-5-7-18/h3-9,19H,2,10-17H2,1H3. The van der Waals surface area contributed by atoms with Gasteiger partial charge < -0.3 is 19.4 Å². The molecular formula is C23H29N5O3. The van der Waals surface area contributed by atoms with Gasteiger partial charge in [-0.3, -0.25) is 4.79 Å². The van der Waals surface area contributed by atoms with Crippen molar-refractivity contribution in [3.8, 4) is 11.3 Å². The zero-order chi connectivity index (χ0) is 21.6. The van der Waals surface area contributed by atoms with Crippen molar-refractivity contribution < 1.29 is 14.3 Å². The number of hydrogen-bond donors (Lipinski definition) is 0. The van der Waals surface area contributed by atoms with E-state index in [4.69, 9.17) is 4.74 Å². The number of piperidine rings is 1. The summed E-state index contributed by atoms with van der Waals surface area (Å²) in [4.78, 5) is 30.5. The fourth-order valence-corrected chi connectivity index (χ4v) is 4.19. The third-order valence-electron chi connectivity index (χ3n) is 6.01. The summed E-state index contributed by atoms with van der Waals surface area (Å²) in [7, 11) is 0. The van der Waals surface area contributed by atoms with Crippen LogP contribution in [-0.2, 0) is 9.53 Å². The van der Waals surface area contributed by atoms with Crippen LogP contribution in [0.15, 0.2) is 42.5 Å². The summed E-state index contributed by atoms with van der Waals surface area (Å²) in [6, 6.07) is 14.0. The Bertz CT molecular complexity index is 874. The van der Waals surface area contributed by atoms with Crippen LogP contribution in [0.1, 0.15) is 19.8 Å². The second kappa shape index (κ2) is 9.76. The molecule has 2 saturated heterocycles. The summed E-state index contributed by atoms with van der Waals surface area (Å²) in [5, 5.41) is 8.79. The molecule has 0 radical (unpaired) electrons. The van der Waals surface area contributed by atoms with Crippen LogP contribution in [0, 0.1) is 5.92 Å². The number of aromatic nitrogens is 2. The van der Waals surface area contributed by atoms with Crippen molar-refractivity contribution in [2.45, 2.75) is 19.8 Å². The van der Waals surface area contributed by atoms with E-state index in [1.807, 2.05) is 47.4 Å². The van der Waals surface area contributed by atoms with Gasteiger partial charge in [-0.15, -0.1) is 10.2 Å². The Hall–Kier alpha value is -3.16. The van der Waals surface area contributed by atoms with E-state index in [9.17, 15) is 9.59 Å². The molecule has 31 heavy (non-hydrogen) atoms. The van der Waals surface area contributed by atoms with Crippen LogP contribution >= 0.6 is 0 Å². The lowest BCUT2D eigenvalue weighted by atomic mass is 9.95. The lowest BCUT2D eigenvalue weighted by molar-refractivity contribution is -0.137. The molecule has 8 nitrogen and oxygen atoms in total. The second-order valence-electron chi connectivity index (χ2n) is 7.92. The predicted octanol–water partition coefficient (Wildman–Crippen LogP) is 2.66. The van der Waals surface area contributed by atoms with E-state index in [2.05, 4.69) is 15.1 Å². The molecule has 0 spiro atoms. The van der Waals surface area contributed by atoms with E-state index < -0.39 is 0 Å². The highest BCUT2D eigenvalue weighted by molar-refractivity contribution is 5.79. The number of piperazine rings is 1. The summed E-state index contributed by atoms with van der Waals surface area (Å²) in [6.07, 6.45) is 1.32. The van der Waals surface area contributed by atoms with Crippen LogP contribution in [0.4, 0.5) is 10.6 Å². The molecule has 0 bridgehead atoms. The van der Waals surface area contributed by atoms with Crippen molar-refractivity contribution in [1.82, 2.24) is 20.0 Å². The average molecular weight is 424 g/mol. The summed E-state index contributed by atoms with van der Waals surface area (Å²) in [5.41, 5.74) is 1.91. The maximum atomic E-state index is 12.9. The first-order valence-corrected chi connectivity index (χ1v) is 11.0. The number of amides is 2. The quantitative estimate of drug-likeness (QED) is 0.752. The Morgan fingerprint density at radius 2 is 1.58 bits per heavy atom. The van der Waals surface area contributed by atoms with Gasteiger partial charge in [0.05, 0.1) is 12.3 Å². The third kappa shape index (κ3) is 4.95. The van der Waals surface area contributed by atoms with Crippen molar-refractivity contribution >= 4 is 17.8 Å². The topological polar surface area (TPSA) is 78.9 Å². The minimum atomic E-state index is -0.290. The largest absolute Gasteiger partial charge is 0.450 e. The number of carbonyl (C=O) groups excluding carboxylic acids is 2. The normalized spacial score (nSPS) is 17.5. The Morgan fingerprint density at radius 1 is 0.903 bits per heavy atom. The molecule has 2 aliphatic heterocycles. The van der Waals surface area contributed by atoms with Crippen LogP contribution in [0.2, 0.25) is 0 Å². The summed E-state index contributed by atoms with van der Waals surface area (Å²) in [5.74, 6) is 1.09. The SMILES string of the molecule is CCOC(=O)N1CCN(C(=O)C2CCN(c3ccc(-c4ccccc4)nn3)CC2)CC1. The second-order valence-corrected chi connectivity index (χ2v) is 7.92. The number of rotatable bonds is 4. The van der Waals surface area contributed by atoms with Crippen LogP contribution in [0.25, 0.3) is 11.3 Å². The fraction of sp³-hybridized carbons (Fsp3) is 0.478. The average Bonchev–Trinajstić information content (AvgIpc) is 2.85. The number of benzene rings is 1. The zero-order valence-electron chi connectivity index (χ0n) is 17.9. The highest BCUT2D eigenvalue weighted by Gasteiger charge is 2.32. The van der Waals surface area contributed by atoms with E-state index in [1.54, 1.807) is 11.8 Å².